The van der Waals surface area contributed by atoms with Crippen LogP contribution in [0.5, 0.6) is 0 Å². The molecule has 0 aliphatic rings. The molecule has 3 aromatic rings. The van der Waals surface area contributed by atoms with Gasteiger partial charge in [-0.15, -0.1) is 0 Å². The first kappa shape index (κ1) is 20.0. The number of sulfone groups is 1. The minimum Gasteiger partial charge on any atom is -0.245 e. The summed E-state index contributed by atoms with van der Waals surface area (Å²) in [5, 5.41) is 3.44. The lowest BCUT2D eigenvalue weighted by atomic mass is 10.2. The Morgan fingerprint density at radius 2 is 1.89 bits per heavy atom. The third-order valence-electron chi connectivity index (χ3n) is 3.89. The van der Waals surface area contributed by atoms with Crippen molar-refractivity contribution in [1.82, 2.24) is 19.6 Å². The van der Waals surface area contributed by atoms with Crippen molar-refractivity contribution in [2.75, 3.05) is 5.75 Å². The van der Waals surface area contributed by atoms with E-state index in [9.17, 15) is 21.6 Å². The predicted octanol–water partition coefficient (Wildman–Crippen LogP) is 4.03. The first-order chi connectivity index (χ1) is 13.0. The van der Waals surface area contributed by atoms with Crippen LogP contribution in [-0.4, -0.2) is 33.8 Å². The average molecular weight is 410 g/mol. The van der Waals surface area contributed by atoms with E-state index in [0.717, 1.165) is 16.2 Å². The Balaban J connectivity index is 2.24. The van der Waals surface area contributed by atoms with Gasteiger partial charge in [0.2, 0.25) is 0 Å². The highest BCUT2D eigenvalue weighted by atomic mass is 32.2. The van der Waals surface area contributed by atoms with Crippen LogP contribution < -0.4 is 0 Å². The maximum Gasteiger partial charge on any atom is 0.435 e. The van der Waals surface area contributed by atoms with E-state index in [0.29, 0.717) is 5.69 Å². The molecule has 0 amide bonds. The molecule has 0 aliphatic heterocycles. The highest BCUT2D eigenvalue weighted by Gasteiger charge is 2.34. The molecule has 0 saturated heterocycles. The van der Waals surface area contributed by atoms with E-state index in [1.165, 1.54) is 25.3 Å². The summed E-state index contributed by atoms with van der Waals surface area (Å²) in [5.74, 6) is -0.142. The van der Waals surface area contributed by atoms with E-state index in [2.05, 4.69) is 15.1 Å². The van der Waals surface area contributed by atoms with Gasteiger partial charge in [-0.2, -0.15) is 18.3 Å². The molecule has 0 saturated carbocycles. The lowest BCUT2D eigenvalue weighted by molar-refractivity contribution is -0.141. The molecule has 3 aromatic heterocycles. The molecule has 3 rings (SSSR count). The fraction of sp³-hybridized carbons (Fsp3) is 0.278. The van der Waals surface area contributed by atoms with E-state index >= 15 is 0 Å². The van der Waals surface area contributed by atoms with Gasteiger partial charge in [-0.3, -0.25) is 0 Å². The summed E-state index contributed by atoms with van der Waals surface area (Å²) < 4.78 is 64.6. The SMILES string of the molecule is CCS(=O)(=O)c1ccc(C=C(C)C)nc1-c1ccn2nc(C(F)(F)F)cc2n1. The van der Waals surface area contributed by atoms with Gasteiger partial charge in [0, 0.05) is 12.3 Å². The fourth-order valence-electron chi connectivity index (χ4n) is 2.58. The molecule has 0 aromatic carbocycles. The van der Waals surface area contributed by atoms with Crippen LogP contribution in [0.15, 0.2) is 40.9 Å². The molecule has 3 heterocycles. The second kappa shape index (κ2) is 7.01. The molecule has 148 valence electrons. The predicted molar refractivity (Wildman–Crippen MR) is 98.3 cm³/mol. The van der Waals surface area contributed by atoms with Crippen LogP contribution in [-0.2, 0) is 16.0 Å². The normalized spacial score (nSPS) is 12.4. The number of nitrogens with zero attached hydrogens (tertiary/aromatic N) is 4. The molecule has 0 bridgehead atoms. The summed E-state index contributed by atoms with van der Waals surface area (Å²) in [6.45, 7) is 5.24. The molecule has 0 N–H and O–H groups in total. The molecule has 0 fully saturated rings. The monoisotopic (exact) mass is 410 g/mol. The van der Waals surface area contributed by atoms with Crippen molar-refractivity contribution in [1.29, 1.82) is 0 Å². The summed E-state index contributed by atoms with van der Waals surface area (Å²) in [7, 11) is -3.62. The van der Waals surface area contributed by atoms with Gasteiger partial charge >= 0.3 is 6.18 Å². The van der Waals surface area contributed by atoms with Gasteiger partial charge in [0.25, 0.3) is 0 Å². The molecule has 10 heteroatoms. The van der Waals surface area contributed by atoms with Crippen molar-refractivity contribution in [3.63, 3.8) is 0 Å². The van der Waals surface area contributed by atoms with Gasteiger partial charge in [0.05, 0.1) is 22.0 Å². The van der Waals surface area contributed by atoms with Gasteiger partial charge in [-0.25, -0.2) is 22.9 Å². The second-order valence-electron chi connectivity index (χ2n) is 6.35. The molecular weight excluding hydrogens is 393 g/mol. The van der Waals surface area contributed by atoms with E-state index in [-0.39, 0.29) is 27.7 Å². The molecule has 0 aliphatic carbocycles. The molecule has 0 spiro atoms. The first-order valence-electron chi connectivity index (χ1n) is 8.34. The summed E-state index contributed by atoms with van der Waals surface area (Å²) >= 11 is 0. The van der Waals surface area contributed by atoms with Crippen molar-refractivity contribution in [3.05, 3.63) is 47.4 Å². The van der Waals surface area contributed by atoms with E-state index in [1.54, 1.807) is 12.1 Å². The fourth-order valence-corrected chi connectivity index (χ4v) is 3.61. The number of aromatic nitrogens is 4. The molecule has 0 radical (unpaired) electrons. The zero-order valence-corrected chi connectivity index (χ0v) is 16.1. The Morgan fingerprint density at radius 3 is 2.50 bits per heavy atom. The highest BCUT2D eigenvalue weighted by Crippen LogP contribution is 2.30. The third kappa shape index (κ3) is 3.91. The Kier molecular flexibility index (Phi) is 5.00. The zero-order chi connectivity index (χ0) is 20.7. The Labute approximate surface area is 159 Å². The average Bonchev–Trinajstić information content (AvgIpc) is 3.04. The quantitative estimate of drug-likeness (QED) is 0.649. The van der Waals surface area contributed by atoms with Gasteiger partial charge in [0.15, 0.2) is 21.2 Å². The van der Waals surface area contributed by atoms with Crippen LogP contribution in [0.4, 0.5) is 13.2 Å². The number of hydrogen-bond acceptors (Lipinski definition) is 5. The van der Waals surface area contributed by atoms with Gasteiger partial charge in [-0.1, -0.05) is 12.5 Å². The largest absolute Gasteiger partial charge is 0.435 e. The Morgan fingerprint density at radius 1 is 1.18 bits per heavy atom. The van der Waals surface area contributed by atoms with Crippen LogP contribution in [0.3, 0.4) is 0 Å². The maximum atomic E-state index is 12.9. The standard InChI is InChI=1S/C18H17F3N4O2S/c1-4-28(26,27)14-6-5-12(9-11(2)3)22-17(14)13-7-8-25-16(23-13)10-15(24-25)18(19,20)21/h5-10H,4H2,1-3H3. The van der Waals surface area contributed by atoms with E-state index < -0.39 is 21.7 Å². The minimum atomic E-state index is -4.60. The summed E-state index contributed by atoms with van der Waals surface area (Å²) in [5.41, 5.74) is 0.588. The second-order valence-corrected chi connectivity index (χ2v) is 8.60. The summed E-state index contributed by atoms with van der Waals surface area (Å²) in [6, 6.07) is 5.22. The van der Waals surface area contributed by atoms with Crippen molar-refractivity contribution in [2.45, 2.75) is 31.8 Å². The number of allylic oxidation sites excluding steroid dienone is 1. The van der Waals surface area contributed by atoms with Crippen LogP contribution in [0.2, 0.25) is 0 Å². The topological polar surface area (TPSA) is 77.2 Å². The molecule has 0 unspecified atom stereocenters. The van der Waals surface area contributed by atoms with Crippen LogP contribution in [0.25, 0.3) is 23.1 Å². The maximum absolute atomic E-state index is 12.9. The van der Waals surface area contributed by atoms with Crippen LogP contribution in [0, 0.1) is 0 Å². The first-order valence-corrected chi connectivity index (χ1v) is 9.99. The molecule has 28 heavy (non-hydrogen) atoms. The number of pyridine rings is 1. The highest BCUT2D eigenvalue weighted by molar-refractivity contribution is 7.91. The summed E-state index contributed by atoms with van der Waals surface area (Å²) in [6.07, 6.45) is -1.54. The number of rotatable bonds is 4. The van der Waals surface area contributed by atoms with Crippen molar-refractivity contribution in [3.8, 4) is 11.4 Å². The Hall–Kier alpha value is -2.75. The van der Waals surface area contributed by atoms with Crippen molar-refractivity contribution >= 4 is 21.6 Å². The van der Waals surface area contributed by atoms with Gasteiger partial charge < -0.3 is 0 Å². The lowest BCUT2D eigenvalue weighted by Gasteiger charge is -2.10. The van der Waals surface area contributed by atoms with E-state index in [4.69, 9.17) is 0 Å². The lowest BCUT2D eigenvalue weighted by Crippen LogP contribution is -2.08. The third-order valence-corrected chi connectivity index (χ3v) is 5.65. The van der Waals surface area contributed by atoms with Gasteiger partial charge in [-0.05, 0) is 38.1 Å². The number of halogens is 3. The zero-order valence-electron chi connectivity index (χ0n) is 15.3. The number of fused-ring (bicyclic) bond motifs is 1. The number of hydrogen-bond donors (Lipinski definition) is 0. The summed E-state index contributed by atoms with van der Waals surface area (Å²) in [4.78, 5) is 8.53. The smallest absolute Gasteiger partial charge is 0.245 e. The van der Waals surface area contributed by atoms with Crippen molar-refractivity contribution < 1.29 is 21.6 Å². The number of alkyl halides is 3. The molecular formula is C18H17F3N4O2S. The van der Waals surface area contributed by atoms with Gasteiger partial charge in [0.1, 0.15) is 5.69 Å². The van der Waals surface area contributed by atoms with Crippen LogP contribution in [0.1, 0.15) is 32.2 Å². The molecule has 6 nitrogen and oxygen atoms in total. The van der Waals surface area contributed by atoms with Crippen molar-refractivity contribution in [2.24, 2.45) is 0 Å². The Bertz CT molecular complexity index is 1180. The molecule has 0 atom stereocenters. The van der Waals surface area contributed by atoms with E-state index in [1.807, 2.05) is 13.8 Å². The minimum absolute atomic E-state index is 0.0201. The van der Waals surface area contributed by atoms with Crippen LogP contribution >= 0.6 is 0 Å².